The number of rotatable bonds is 4. The van der Waals surface area contributed by atoms with Gasteiger partial charge in [-0.15, -0.1) is 0 Å². The molecule has 1 atom stereocenters. The van der Waals surface area contributed by atoms with E-state index in [2.05, 4.69) is 0 Å². The van der Waals surface area contributed by atoms with Gasteiger partial charge in [-0.05, 0) is 25.0 Å². The summed E-state index contributed by atoms with van der Waals surface area (Å²) in [5.74, 6) is -0.901. The number of hydrogen-bond acceptors (Lipinski definition) is 4. The van der Waals surface area contributed by atoms with Crippen LogP contribution in [0.2, 0.25) is 5.02 Å². The average Bonchev–Trinajstić information content (AvgIpc) is 2.75. The molecule has 1 aliphatic rings. The summed E-state index contributed by atoms with van der Waals surface area (Å²) in [6, 6.07) is 4.51. The van der Waals surface area contributed by atoms with Crippen LogP contribution in [0.3, 0.4) is 0 Å². The largest absolute Gasteiger partial charge is 0.481 e. The van der Waals surface area contributed by atoms with Crippen molar-refractivity contribution < 1.29 is 14.8 Å². The van der Waals surface area contributed by atoms with E-state index in [-0.39, 0.29) is 23.2 Å². The van der Waals surface area contributed by atoms with Crippen LogP contribution >= 0.6 is 11.6 Å². The SMILES string of the molecule is O=C(O)CC1CCCN1c1cccc(Cl)c1[N+](=O)[O-]. The van der Waals surface area contributed by atoms with Crippen molar-refractivity contribution in [3.05, 3.63) is 33.3 Å². The van der Waals surface area contributed by atoms with Gasteiger partial charge < -0.3 is 10.0 Å². The van der Waals surface area contributed by atoms with E-state index in [4.69, 9.17) is 16.7 Å². The van der Waals surface area contributed by atoms with Crippen molar-refractivity contribution in [3.8, 4) is 0 Å². The van der Waals surface area contributed by atoms with E-state index in [0.717, 1.165) is 12.8 Å². The molecule has 0 saturated carbocycles. The number of carboxylic acids is 1. The summed E-state index contributed by atoms with van der Waals surface area (Å²) in [7, 11) is 0. The van der Waals surface area contributed by atoms with Gasteiger partial charge in [0.05, 0.1) is 11.3 Å². The predicted molar refractivity (Wildman–Crippen MR) is 70.7 cm³/mol. The zero-order valence-electron chi connectivity index (χ0n) is 10.1. The minimum absolute atomic E-state index is 0.0241. The van der Waals surface area contributed by atoms with E-state index in [0.29, 0.717) is 12.2 Å². The predicted octanol–water partition coefficient (Wildman–Crippen LogP) is 2.69. The number of nitro benzene ring substituents is 1. The Morgan fingerprint density at radius 2 is 2.32 bits per heavy atom. The van der Waals surface area contributed by atoms with Crippen molar-refractivity contribution in [1.29, 1.82) is 0 Å². The Hall–Kier alpha value is -1.82. The van der Waals surface area contributed by atoms with E-state index >= 15 is 0 Å². The molecule has 102 valence electrons. The second-order valence-corrected chi connectivity index (χ2v) is 4.86. The average molecular weight is 285 g/mol. The molecule has 2 rings (SSSR count). The molecule has 0 aliphatic carbocycles. The fourth-order valence-electron chi connectivity index (χ4n) is 2.48. The minimum Gasteiger partial charge on any atom is -0.481 e. The second kappa shape index (κ2) is 5.44. The van der Waals surface area contributed by atoms with E-state index in [1.165, 1.54) is 6.07 Å². The zero-order valence-corrected chi connectivity index (χ0v) is 10.8. The van der Waals surface area contributed by atoms with Crippen LogP contribution in [-0.2, 0) is 4.79 Å². The van der Waals surface area contributed by atoms with Gasteiger partial charge in [-0.1, -0.05) is 17.7 Å². The Bertz CT molecular complexity index is 520. The van der Waals surface area contributed by atoms with Crippen LogP contribution in [0.25, 0.3) is 0 Å². The quantitative estimate of drug-likeness (QED) is 0.679. The van der Waals surface area contributed by atoms with Gasteiger partial charge in [0.15, 0.2) is 0 Å². The number of anilines is 1. The highest BCUT2D eigenvalue weighted by Gasteiger charge is 2.32. The van der Waals surface area contributed by atoms with Crippen molar-refractivity contribution in [3.63, 3.8) is 0 Å². The number of nitrogens with zero attached hydrogens (tertiary/aromatic N) is 2. The lowest BCUT2D eigenvalue weighted by molar-refractivity contribution is -0.384. The Balaban J connectivity index is 2.38. The molecule has 6 nitrogen and oxygen atoms in total. The number of aliphatic carboxylic acids is 1. The summed E-state index contributed by atoms with van der Waals surface area (Å²) in [5, 5.41) is 20.1. The van der Waals surface area contributed by atoms with Crippen LogP contribution < -0.4 is 4.90 Å². The fourth-order valence-corrected chi connectivity index (χ4v) is 2.72. The van der Waals surface area contributed by atoms with Crippen LogP contribution in [0.5, 0.6) is 0 Å². The number of carbonyl (C=O) groups is 1. The lowest BCUT2D eigenvalue weighted by Gasteiger charge is -2.25. The van der Waals surface area contributed by atoms with Gasteiger partial charge in [0.25, 0.3) is 0 Å². The normalized spacial score (nSPS) is 18.6. The van der Waals surface area contributed by atoms with Crippen molar-refractivity contribution in [2.75, 3.05) is 11.4 Å². The molecule has 0 aromatic heterocycles. The van der Waals surface area contributed by atoms with Gasteiger partial charge in [-0.2, -0.15) is 0 Å². The third kappa shape index (κ3) is 2.78. The van der Waals surface area contributed by atoms with Crippen LogP contribution in [0.1, 0.15) is 19.3 Å². The summed E-state index contributed by atoms with van der Waals surface area (Å²) in [6.07, 6.45) is 1.52. The maximum absolute atomic E-state index is 11.1. The molecule has 1 aromatic carbocycles. The van der Waals surface area contributed by atoms with Crippen LogP contribution in [0.15, 0.2) is 18.2 Å². The highest BCUT2D eigenvalue weighted by molar-refractivity contribution is 6.33. The summed E-state index contributed by atoms with van der Waals surface area (Å²) < 4.78 is 0. The molecule has 19 heavy (non-hydrogen) atoms. The number of para-hydroxylation sites is 1. The molecular formula is C12H13ClN2O4. The van der Waals surface area contributed by atoms with Gasteiger partial charge >= 0.3 is 11.7 Å². The number of nitro groups is 1. The summed E-state index contributed by atoms with van der Waals surface area (Å²) in [6.45, 7) is 0.610. The molecule has 0 spiro atoms. The van der Waals surface area contributed by atoms with Gasteiger partial charge in [-0.25, -0.2) is 0 Å². The van der Waals surface area contributed by atoms with Crippen molar-refractivity contribution in [2.45, 2.75) is 25.3 Å². The first kappa shape index (κ1) is 13.6. The Kier molecular flexibility index (Phi) is 3.90. The van der Waals surface area contributed by atoms with Gasteiger partial charge in [-0.3, -0.25) is 14.9 Å². The zero-order chi connectivity index (χ0) is 14.0. The highest BCUT2D eigenvalue weighted by Crippen LogP contribution is 2.38. The number of carboxylic acid groups (broad SMARTS) is 1. The molecule has 1 fully saturated rings. The Labute approximate surface area is 114 Å². The topological polar surface area (TPSA) is 83.7 Å². The molecule has 1 heterocycles. The molecule has 1 N–H and O–H groups in total. The number of hydrogen-bond donors (Lipinski definition) is 1. The Morgan fingerprint density at radius 3 is 2.95 bits per heavy atom. The van der Waals surface area contributed by atoms with E-state index in [9.17, 15) is 14.9 Å². The summed E-state index contributed by atoms with van der Waals surface area (Å²) in [4.78, 5) is 23.2. The first-order chi connectivity index (χ1) is 9.00. The van der Waals surface area contributed by atoms with Crippen molar-refractivity contribution in [2.24, 2.45) is 0 Å². The van der Waals surface area contributed by atoms with E-state index in [1.54, 1.807) is 17.0 Å². The lowest BCUT2D eigenvalue weighted by Crippen LogP contribution is -2.31. The summed E-state index contributed by atoms with van der Waals surface area (Å²) in [5.41, 5.74) is 0.253. The molecular weight excluding hydrogens is 272 g/mol. The van der Waals surface area contributed by atoms with Crippen LogP contribution in [0, 0.1) is 10.1 Å². The maximum atomic E-state index is 11.1. The molecule has 0 bridgehead atoms. The van der Waals surface area contributed by atoms with Gasteiger partial charge in [0, 0.05) is 12.6 Å². The highest BCUT2D eigenvalue weighted by atomic mass is 35.5. The van der Waals surface area contributed by atoms with Gasteiger partial charge in [0.1, 0.15) is 10.7 Å². The summed E-state index contributed by atoms with van der Waals surface area (Å²) >= 11 is 5.87. The first-order valence-electron chi connectivity index (χ1n) is 5.92. The maximum Gasteiger partial charge on any atom is 0.310 e. The van der Waals surface area contributed by atoms with Crippen LogP contribution in [0.4, 0.5) is 11.4 Å². The van der Waals surface area contributed by atoms with Crippen LogP contribution in [-0.4, -0.2) is 28.6 Å². The molecule has 7 heteroatoms. The monoisotopic (exact) mass is 284 g/mol. The lowest BCUT2D eigenvalue weighted by atomic mass is 10.1. The molecule has 0 radical (unpaired) electrons. The molecule has 0 amide bonds. The van der Waals surface area contributed by atoms with E-state index in [1.807, 2.05) is 0 Å². The third-order valence-electron chi connectivity index (χ3n) is 3.24. The number of benzene rings is 1. The molecule has 1 unspecified atom stereocenters. The van der Waals surface area contributed by atoms with E-state index < -0.39 is 10.9 Å². The molecule has 1 aliphatic heterocycles. The smallest absolute Gasteiger partial charge is 0.310 e. The Morgan fingerprint density at radius 1 is 1.58 bits per heavy atom. The molecule has 1 aromatic rings. The van der Waals surface area contributed by atoms with Crippen molar-refractivity contribution >= 4 is 28.9 Å². The third-order valence-corrected chi connectivity index (χ3v) is 3.55. The number of halogens is 1. The minimum atomic E-state index is -0.901. The first-order valence-corrected chi connectivity index (χ1v) is 6.30. The van der Waals surface area contributed by atoms with Crippen molar-refractivity contribution in [1.82, 2.24) is 0 Å². The standard InChI is InChI=1S/C12H13ClN2O4/c13-9-4-1-5-10(12(9)15(18)19)14-6-2-3-8(14)7-11(16)17/h1,4-5,8H,2-3,6-7H2,(H,16,17). The second-order valence-electron chi connectivity index (χ2n) is 4.45. The van der Waals surface area contributed by atoms with Gasteiger partial charge in [0.2, 0.25) is 0 Å². The fraction of sp³-hybridized carbons (Fsp3) is 0.417. The molecule has 1 saturated heterocycles.